The number of methoxy groups -OCH3 is 2. The van der Waals surface area contributed by atoms with Crippen LogP contribution < -0.4 is 0 Å². The Morgan fingerprint density at radius 1 is 1.23 bits per heavy atom. The Hall–Kier alpha value is -0.580. The maximum absolute atomic E-state index is 11.0. The van der Waals surface area contributed by atoms with Gasteiger partial charge < -0.3 is 9.47 Å². The molecule has 13 heavy (non-hydrogen) atoms. The highest BCUT2D eigenvalue weighted by atomic mass is 79.9. The number of halogens is 1. The number of esters is 2. The summed E-state index contributed by atoms with van der Waals surface area (Å²) in [6.07, 6.45) is 0.374. The maximum atomic E-state index is 11.0. The summed E-state index contributed by atoms with van der Waals surface area (Å²) in [6.45, 7) is 1.70. The van der Waals surface area contributed by atoms with Crippen LogP contribution in [-0.2, 0) is 19.1 Å². The van der Waals surface area contributed by atoms with Crippen molar-refractivity contribution < 1.29 is 19.1 Å². The molecule has 5 heteroatoms. The second-order valence-corrected chi connectivity index (χ2v) is 3.76. The van der Waals surface area contributed by atoms with Crippen molar-refractivity contribution >= 4 is 27.9 Å². The van der Waals surface area contributed by atoms with Crippen LogP contribution >= 0.6 is 15.9 Å². The van der Waals surface area contributed by atoms with Crippen LogP contribution in [0.4, 0.5) is 0 Å². The van der Waals surface area contributed by atoms with Crippen molar-refractivity contribution in [2.24, 2.45) is 5.92 Å². The predicted octanol–water partition coefficient (Wildman–Crippen LogP) is 1.12. The average Bonchev–Trinajstić information content (AvgIpc) is 2.14. The normalized spacial score (nSPS) is 14.5. The highest BCUT2D eigenvalue weighted by molar-refractivity contribution is 9.10. The van der Waals surface area contributed by atoms with Crippen molar-refractivity contribution in [1.82, 2.24) is 0 Å². The monoisotopic (exact) mass is 252 g/mol. The SMILES string of the molecule is COC(=O)[C@H](C)C[C@@H](Br)C(=O)OC. The minimum absolute atomic E-state index is 0.312. The smallest absolute Gasteiger partial charge is 0.319 e. The van der Waals surface area contributed by atoms with Crippen LogP contribution in [0.15, 0.2) is 0 Å². The molecular formula is C8H13BrO4. The quantitative estimate of drug-likeness (QED) is 0.556. The third-order valence-electron chi connectivity index (χ3n) is 1.62. The van der Waals surface area contributed by atoms with E-state index in [0.29, 0.717) is 6.42 Å². The lowest BCUT2D eigenvalue weighted by Crippen LogP contribution is -2.23. The van der Waals surface area contributed by atoms with Crippen LogP contribution in [0, 0.1) is 5.92 Å². The minimum atomic E-state index is -0.452. The van der Waals surface area contributed by atoms with Gasteiger partial charge in [-0.2, -0.15) is 0 Å². The Balaban J connectivity index is 3.98. The standard InChI is InChI=1S/C8H13BrO4/c1-5(7(10)12-2)4-6(9)8(11)13-3/h5-6H,4H2,1-3H3/t5-,6-/m1/s1. The highest BCUT2D eigenvalue weighted by Crippen LogP contribution is 2.15. The summed E-state index contributed by atoms with van der Waals surface area (Å²) in [5.74, 6) is -1.02. The molecule has 0 aromatic rings. The van der Waals surface area contributed by atoms with E-state index in [2.05, 4.69) is 25.4 Å². The molecule has 0 radical (unpaired) electrons. The van der Waals surface area contributed by atoms with Gasteiger partial charge in [-0.05, 0) is 6.42 Å². The van der Waals surface area contributed by atoms with E-state index in [9.17, 15) is 9.59 Å². The van der Waals surface area contributed by atoms with Crippen molar-refractivity contribution in [2.75, 3.05) is 14.2 Å². The van der Waals surface area contributed by atoms with Gasteiger partial charge in [0.25, 0.3) is 0 Å². The van der Waals surface area contributed by atoms with Crippen LogP contribution in [-0.4, -0.2) is 31.0 Å². The number of hydrogen-bond donors (Lipinski definition) is 0. The molecule has 0 unspecified atom stereocenters. The van der Waals surface area contributed by atoms with Gasteiger partial charge in [0.05, 0.1) is 20.1 Å². The zero-order valence-electron chi connectivity index (χ0n) is 7.87. The van der Waals surface area contributed by atoms with E-state index in [0.717, 1.165) is 0 Å². The van der Waals surface area contributed by atoms with Gasteiger partial charge in [-0.3, -0.25) is 9.59 Å². The minimum Gasteiger partial charge on any atom is -0.469 e. The summed E-state index contributed by atoms with van der Waals surface area (Å²) >= 11 is 3.12. The summed E-state index contributed by atoms with van der Waals surface area (Å²) in [7, 11) is 2.62. The van der Waals surface area contributed by atoms with Gasteiger partial charge in [-0.1, -0.05) is 22.9 Å². The zero-order valence-corrected chi connectivity index (χ0v) is 9.46. The summed E-state index contributed by atoms with van der Waals surface area (Å²) in [5, 5.41) is 0. The van der Waals surface area contributed by atoms with Crippen molar-refractivity contribution in [3.05, 3.63) is 0 Å². The number of hydrogen-bond acceptors (Lipinski definition) is 4. The van der Waals surface area contributed by atoms with Gasteiger partial charge in [-0.25, -0.2) is 0 Å². The Morgan fingerprint density at radius 2 is 1.69 bits per heavy atom. The van der Waals surface area contributed by atoms with Crippen molar-refractivity contribution in [2.45, 2.75) is 18.2 Å². The fourth-order valence-corrected chi connectivity index (χ4v) is 1.58. The molecule has 0 aromatic carbocycles. The van der Waals surface area contributed by atoms with Crippen molar-refractivity contribution in [3.63, 3.8) is 0 Å². The Kier molecular flexibility index (Phi) is 5.70. The molecular weight excluding hydrogens is 240 g/mol. The molecule has 0 fully saturated rings. The molecule has 0 N–H and O–H groups in total. The van der Waals surface area contributed by atoms with Gasteiger partial charge in [0.15, 0.2) is 0 Å². The molecule has 4 nitrogen and oxygen atoms in total. The van der Waals surface area contributed by atoms with Gasteiger partial charge in [0.1, 0.15) is 4.83 Å². The van der Waals surface area contributed by atoms with Crippen LogP contribution in [0.3, 0.4) is 0 Å². The molecule has 0 aromatic heterocycles. The first kappa shape index (κ1) is 12.4. The summed E-state index contributed by atoms with van der Waals surface area (Å²) in [4.78, 5) is 21.4. The van der Waals surface area contributed by atoms with Gasteiger partial charge in [0, 0.05) is 0 Å². The molecule has 0 bridgehead atoms. The van der Waals surface area contributed by atoms with Crippen LogP contribution in [0.1, 0.15) is 13.3 Å². The highest BCUT2D eigenvalue weighted by Gasteiger charge is 2.22. The zero-order chi connectivity index (χ0) is 10.4. The fraction of sp³-hybridized carbons (Fsp3) is 0.750. The largest absolute Gasteiger partial charge is 0.469 e. The topological polar surface area (TPSA) is 52.6 Å². The second-order valence-electron chi connectivity index (χ2n) is 2.65. The number of ether oxygens (including phenoxy) is 2. The summed E-state index contributed by atoms with van der Waals surface area (Å²) < 4.78 is 9.00. The van der Waals surface area contributed by atoms with E-state index in [1.54, 1.807) is 6.92 Å². The molecule has 0 aliphatic carbocycles. The van der Waals surface area contributed by atoms with E-state index in [1.807, 2.05) is 0 Å². The molecule has 0 aliphatic rings. The number of carbonyl (C=O) groups excluding carboxylic acids is 2. The number of rotatable bonds is 4. The maximum Gasteiger partial charge on any atom is 0.319 e. The Morgan fingerprint density at radius 3 is 2.08 bits per heavy atom. The summed E-state index contributed by atoms with van der Waals surface area (Å²) in [6, 6.07) is 0. The molecule has 0 aliphatic heterocycles. The average molecular weight is 253 g/mol. The van der Waals surface area contributed by atoms with Gasteiger partial charge in [-0.15, -0.1) is 0 Å². The molecule has 0 saturated heterocycles. The molecule has 76 valence electrons. The second kappa shape index (κ2) is 5.96. The number of alkyl halides is 1. The lowest BCUT2D eigenvalue weighted by atomic mass is 10.1. The molecule has 0 rings (SSSR count). The Bertz CT molecular complexity index is 173. The van der Waals surface area contributed by atoms with E-state index < -0.39 is 4.83 Å². The van der Waals surface area contributed by atoms with E-state index in [-0.39, 0.29) is 17.9 Å². The molecule has 0 saturated carbocycles. The molecule has 2 atom stereocenters. The fourth-order valence-electron chi connectivity index (χ4n) is 0.832. The van der Waals surface area contributed by atoms with Crippen LogP contribution in [0.2, 0.25) is 0 Å². The Labute approximate surface area is 85.7 Å². The van der Waals surface area contributed by atoms with E-state index in [4.69, 9.17) is 0 Å². The van der Waals surface area contributed by atoms with E-state index in [1.165, 1.54) is 14.2 Å². The first-order valence-corrected chi connectivity index (χ1v) is 4.74. The third-order valence-corrected chi connectivity index (χ3v) is 2.37. The van der Waals surface area contributed by atoms with Crippen LogP contribution in [0.25, 0.3) is 0 Å². The number of carbonyl (C=O) groups is 2. The van der Waals surface area contributed by atoms with Crippen molar-refractivity contribution in [1.29, 1.82) is 0 Å². The first-order chi connectivity index (χ1) is 6.02. The first-order valence-electron chi connectivity index (χ1n) is 3.82. The van der Waals surface area contributed by atoms with Gasteiger partial charge in [0.2, 0.25) is 0 Å². The van der Waals surface area contributed by atoms with Crippen LogP contribution in [0.5, 0.6) is 0 Å². The molecule has 0 spiro atoms. The lowest BCUT2D eigenvalue weighted by Gasteiger charge is -2.11. The predicted molar refractivity (Wildman–Crippen MR) is 50.5 cm³/mol. The van der Waals surface area contributed by atoms with Crippen molar-refractivity contribution in [3.8, 4) is 0 Å². The van der Waals surface area contributed by atoms with Gasteiger partial charge >= 0.3 is 11.9 Å². The molecule has 0 heterocycles. The summed E-state index contributed by atoms with van der Waals surface area (Å²) in [5.41, 5.74) is 0. The van der Waals surface area contributed by atoms with E-state index >= 15 is 0 Å². The third kappa shape index (κ3) is 4.26. The lowest BCUT2D eigenvalue weighted by molar-refractivity contribution is -0.145. The molecule has 0 amide bonds.